The molecule has 4 aliphatic carbocycles. The maximum atomic E-state index is 11.8. The summed E-state index contributed by atoms with van der Waals surface area (Å²) in [5.41, 5.74) is 0.458. The molecule has 4 aliphatic rings. The first-order valence-electron chi connectivity index (χ1n) is 13.3. The Kier molecular flexibility index (Phi) is 5.90. The zero-order valence-electron chi connectivity index (χ0n) is 20.7. The summed E-state index contributed by atoms with van der Waals surface area (Å²) >= 11 is 0. The van der Waals surface area contributed by atoms with E-state index in [9.17, 15) is 20.1 Å². The summed E-state index contributed by atoms with van der Waals surface area (Å²) in [6.45, 7) is 9.15. The van der Waals surface area contributed by atoms with Crippen LogP contribution in [0.5, 0.6) is 0 Å². The molecule has 0 radical (unpaired) electrons. The molecular weight excluding hydrogens is 418 g/mol. The molecule has 3 unspecified atom stereocenters. The first-order chi connectivity index (χ1) is 15.6. The maximum absolute atomic E-state index is 11.8. The molecule has 0 saturated heterocycles. The van der Waals surface area contributed by atoms with Crippen LogP contribution in [-0.2, 0) is 6.42 Å². The Morgan fingerprint density at radius 3 is 2.58 bits per heavy atom. The summed E-state index contributed by atoms with van der Waals surface area (Å²) in [5.74, 6) is 1.87. The van der Waals surface area contributed by atoms with Crippen LogP contribution in [0.25, 0.3) is 0 Å². The van der Waals surface area contributed by atoms with E-state index in [1.54, 1.807) is 6.07 Å². The fraction of sp³-hybridized carbons (Fsp3) is 0.889. The van der Waals surface area contributed by atoms with Crippen LogP contribution < -0.4 is 5.63 Å². The molecule has 1 aromatic heterocycles. The molecule has 33 heavy (non-hydrogen) atoms. The lowest BCUT2D eigenvalue weighted by Crippen LogP contribution is -2.65. The van der Waals surface area contributed by atoms with Gasteiger partial charge in [0.1, 0.15) is 0 Å². The number of fused-ring (bicyclic) bond motifs is 5. The predicted octanol–water partition coefficient (Wildman–Crippen LogP) is 3.74. The number of nitrogens with one attached hydrogen (secondary N) is 1. The fourth-order valence-electron chi connectivity index (χ4n) is 9.95. The molecule has 186 valence electrons. The van der Waals surface area contributed by atoms with E-state index in [-0.39, 0.29) is 46.2 Å². The van der Waals surface area contributed by atoms with Crippen molar-refractivity contribution in [1.82, 2.24) is 5.16 Å². The molecule has 0 amide bonds. The molecule has 0 aliphatic heterocycles. The zero-order valence-corrected chi connectivity index (χ0v) is 20.7. The van der Waals surface area contributed by atoms with Crippen LogP contribution >= 0.6 is 0 Å². The molecule has 0 bridgehead atoms. The average molecular weight is 462 g/mol. The molecule has 5 rings (SSSR count). The third kappa shape index (κ3) is 3.49. The van der Waals surface area contributed by atoms with Gasteiger partial charge in [-0.3, -0.25) is 0 Å². The molecule has 4 fully saturated rings. The first-order valence-corrected chi connectivity index (χ1v) is 13.3. The Labute approximate surface area is 197 Å². The molecule has 4 saturated carbocycles. The monoisotopic (exact) mass is 461 g/mol. The van der Waals surface area contributed by atoms with Gasteiger partial charge >= 0.3 is 5.63 Å². The zero-order chi connectivity index (χ0) is 23.7. The van der Waals surface area contributed by atoms with Crippen molar-refractivity contribution in [3.05, 3.63) is 22.2 Å². The van der Waals surface area contributed by atoms with Crippen molar-refractivity contribution in [3.63, 3.8) is 0 Å². The Morgan fingerprint density at radius 1 is 1.15 bits per heavy atom. The summed E-state index contributed by atoms with van der Waals surface area (Å²) in [6, 6.07) is 1.55. The van der Waals surface area contributed by atoms with E-state index in [2.05, 4.69) is 32.9 Å². The highest BCUT2D eigenvalue weighted by Crippen LogP contribution is 2.69. The van der Waals surface area contributed by atoms with Crippen molar-refractivity contribution in [2.24, 2.45) is 52.3 Å². The topological polar surface area (TPSA) is 107 Å². The van der Waals surface area contributed by atoms with Gasteiger partial charge in [-0.1, -0.05) is 34.1 Å². The van der Waals surface area contributed by atoms with Crippen LogP contribution in [0.2, 0.25) is 0 Å². The number of aromatic nitrogens is 1. The Balaban J connectivity index is 1.46. The summed E-state index contributed by atoms with van der Waals surface area (Å²) in [4.78, 5) is 11.5. The number of H-pyrrole nitrogens is 1. The third-order valence-electron chi connectivity index (χ3n) is 11.2. The van der Waals surface area contributed by atoms with Gasteiger partial charge in [0.25, 0.3) is 0 Å². The maximum Gasteiger partial charge on any atom is 0.357 e. The van der Waals surface area contributed by atoms with Crippen LogP contribution in [0.3, 0.4) is 0 Å². The molecule has 6 heteroatoms. The molecule has 6 nitrogen and oxygen atoms in total. The lowest BCUT2D eigenvalue weighted by Gasteiger charge is -2.66. The van der Waals surface area contributed by atoms with Gasteiger partial charge in [0, 0.05) is 6.07 Å². The van der Waals surface area contributed by atoms with Crippen molar-refractivity contribution in [1.29, 1.82) is 0 Å². The van der Waals surface area contributed by atoms with Gasteiger partial charge in [-0.05, 0) is 97.2 Å². The van der Waals surface area contributed by atoms with Crippen LogP contribution in [0.4, 0.5) is 0 Å². The largest absolute Gasteiger partial charge is 0.393 e. The van der Waals surface area contributed by atoms with E-state index in [1.807, 2.05) is 0 Å². The smallest absolute Gasteiger partial charge is 0.357 e. The summed E-state index contributed by atoms with van der Waals surface area (Å²) in [7, 11) is 0. The highest BCUT2D eigenvalue weighted by molar-refractivity contribution is 5.16. The van der Waals surface area contributed by atoms with E-state index in [0.29, 0.717) is 17.8 Å². The molecular formula is C27H43NO5. The van der Waals surface area contributed by atoms with Gasteiger partial charge in [0.05, 0.1) is 24.0 Å². The highest BCUT2D eigenvalue weighted by atomic mass is 16.5. The van der Waals surface area contributed by atoms with Crippen molar-refractivity contribution < 1.29 is 19.8 Å². The normalized spacial score (nSPS) is 50.3. The summed E-state index contributed by atoms with van der Waals surface area (Å²) in [5, 5.41) is 36.7. The van der Waals surface area contributed by atoms with E-state index in [4.69, 9.17) is 4.52 Å². The Hall–Kier alpha value is -1.11. The van der Waals surface area contributed by atoms with Gasteiger partial charge in [0.15, 0.2) is 0 Å². The van der Waals surface area contributed by atoms with Crippen LogP contribution in [-0.4, -0.2) is 38.8 Å². The minimum atomic E-state index is -0.423. The molecule has 0 spiro atoms. The third-order valence-corrected chi connectivity index (χ3v) is 11.2. The second-order valence-electron chi connectivity index (χ2n) is 12.6. The first kappa shape index (κ1) is 23.6. The van der Waals surface area contributed by atoms with Gasteiger partial charge in [0.2, 0.25) is 0 Å². The molecule has 1 heterocycles. The van der Waals surface area contributed by atoms with Crippen molar-refractivity contribution in [3.8, 4) is 0 Å². The van der Waals surface area contributed by atoms with E-state index >= 15 is 0 Å². The summed E-state index contributed by atoms with van der Waals surface area (Å²) < 4.78 is 4.88. The minimum absolute atomic E-state index is 0.0233. The number of aromatic amines is 1. The lowest BCUT2D eigenvalue weighted by atomic mass is 9.40. The predicted molar refractivity (Wildman–Crippen MR) is 125 cm³/mol. The SMILES string of the molecule is CC[C@H]1[C@@H](O)C2C3CC[C@H]([C@H](C)Cc4cc(=O)o[nH]4)[C@@]3(C)C[C@H](O)C2[C@@]2(C)CC[C@@H](O)C[C@@H]12. The van der Waals surface area contributed by atoms with Crippen molar-refractivity contribution in [2.75, 3.05) is 0 Å². The average Bonchev–Trinajstić information content (AvgIpc) is 3.31. The summed E-state index contributed by atoms with van der Waals surface area (Å²) in [6.07, 6.45) is 6.05. The number of aliphatic hydroxyl groups excluding tert-OH is 3. The van der Waals surface area contributed by atoms with Gasteiger partial charge in [-0.25, -0.2) is 9.95 Å². The van der Waals surface area contributed by atoms with Crippen molar-refractivity contribution in [2.45, 2.75) is 97.4 Å². The van der Waals surface area contributed by atoms with Crippen molar-refractivity contribution >= 4 is 0 Å². The van der Waals surface area contributed by atoms with E-state index in [0.717, 1.165) is 57.1 Å². The quantitative estimate of drug-likeness (QED) is 0.546. The van der Waals surface area contributed by atoms with E-state index < -0.39 is 12.2 Å². The van der Waals surface area contributed by atoms with Crippen LogP contribution in [0, 0.1) is 52.3 Å². The number of hydrogen-bond acceptors (Lipinski definition) is 5. The Bertz CT molecular complexity index is 910. The lowest BCUT2D eigenvalue weighted by molar-refractivity contribution is -0.235. The number of aliphatic hydroxyl groups is 3. The molecule has 1 aromatic rings. The second-order valence-corrected chi connectivity index (χ2v) is 12.6. The highest BCUT2D eigenvalue weighted by Gasteiger charge is 2.67. The second kappa shape index (κ2) is 8.23. The minimum Gasteiger partial charge on any atom is -0.393 e. The number of hydrogen-bond donors (Lipinski definition) is 4. The molecule has 4 N–H and O–H groups in total. The van der Waals surface area contributed by atoms with Crippen LogP contribution in [0.15, 0.2) is 15.4 Å². The Morgan fingerprint density at radius 2 is 1.91 bits per heavy atom. The van der Waals surface area contributed by atoms with Gasteiger partial charge in [-0.15, -0.1) is 0 Å². The van der Waals surface area contributed by atoms with E-state index in [1.165, 1.54) is 0 Å². The van der Waals surface area contributed by atoms with Gasteiger partial charge < -0.3 is 19.8 Å². The number of rotatable bonds is 4. The standard InChI is InChI=1S/C27H43NO5/c1-5-17-20-12-16(29)8-9-26(20,3)24-21(30)13-27(4)18(6-7-19(27)23(24)25(17)32)14(2)10-15-11-22(31)33-28-15/h11,14,16-21,23-25,28-30,32H,5-10,12-13H2,1-4H3/t14-,16-,17-,18-,19?,20+,21+,23?,24?,25-,26+,27-/m1/s1. The molecule has 0 aromatic carbocycles. The van der Waals surface area contributed by atoms with Crippen LogP contribution in [0.1, 0.15) is 78.3 Å². The fourth-order valence-corrected chi connectivity index (χ4v) is 9.95. The molecule has 12 atom stereocenters. The van der Waals surface area contributed by atoms with Gasteiger partial charge in [-0.2, -0.15) is 0 Å².